The summed E-state index contributed by atoms with van der Waals surface area (Å²) in [6.45, 7) is 4.07. The number of nitrogens with two attached hydrogens (primary N) is 1. The Kier molecular flexibility index (Phi) is 3.75. The van der Waals surface area contributed by atoms with Crippen molar-refractivity contribution < 1.29 is 4.74 Å². The number of hydrazine groups is 1. The van der Waals surface area contributed by atoms with Gasteiger partial charge < -0.3 is 10.2 Å². The maximum absolute atomic E-state index is 5.89. The molecule has 1 aromatic heterocycles. The number of fused-ring (bicyclic) bond motifs is 1. The summed E-state index contributed by atoms with van der Waals surface area (Å²) >= 11 is 0. The fraction of sp³-hybridized carbons (Fsp3) is 0.375. The van der Waals surface area contributed by atoms with E-state index in [1.165, 1.54) is 24.0 Å². The van der Waals surface area contributed by atoms with Crippen molar-refractivity contribution in [3.63, 3.8) is 0 Å². The third kappa shape index (κ3) is 2.97. The Morgan fingerprint density at radius 3 is 2.71 bits per heavy atom. The van der Waals surface area contributed by atoms with Crippen molar-refractivity contribution in [3.05, 3.63) is 41.2 Å². The number of nitrogen functional groups attached to an aromatic ring is 1. The lowest BCUT2D eigenvalue weighted by Gasteiger charge is -2.11. The SMILES string of the molecule is CC(C)c1nc(NN)cc(Oc2ccc3c(c2)CCC3)n1. The van der Waals surface area contributed by atoms with Crippen LogP contribution in [0.5, 0.6) is 11.6 Å². The minimum Gasteiger partial charge on any atom is -0.439 e. The highest BCUT2D eigenvalue weighted by Gasteiger charge is 2.13. The zero-order chi connectivity index (χ0) is 14.8. The quantitative estimate of drug-likeness (QED) is 0.666. The summed E-state index contributed by atoms with van der Waals surface area (Å²) in [6.07, 6.45) is 3.52. The second kappa shape index (κ2) is 5.69. The molecule has 0 amide bonds. The highest BCUT2D eigenvalue weighted by Crippen LogP contribution is 2.29. The van der Waals surface area contributed by atoms with Gasteiger partial charge >= 0.3 is 0 Å². The molecule has 0 spiro atoms. The molecule has 0 saturated carbocycles. The number of aryl methyl sites for hydroxylation is 2. The number of aromatic nitrogens is 2. The van der Waals surface area contributed by atoms with Crippen molar-refractivity contribution in [1.29, 1.82) is 0 Å². The Morgan fingerprint density at radius 1 is 1.14 bits per heavy atom. The van der Waals surface area contributed by atoms with Gasteiger partial charge in [0.05, 0.1) is 0 Å². The molecule has 0 fully saturated rings. The van der Waals surface area contributed by atoms with E-state index in [4.69, 9.17) is 10.6 Å². The number of nitrogens with zero attached hydrogens (tertiary/aromatic N) is 2. The van der Waals surface area contributed by atoms with Crippen molar-refractivity contribution in [1.82, 2.24) is 9.97 Å². The summed E-state index contributed by atoms with van der Waals surface area (Å²) in [7, 11) is 0. The molecule has 5 nitrogen and oxygen atoms in total. The van der Waals surface area contributed by atoms with Gasteiger partial charge in [-0.3, -0.25) is 0 Å². The van der Waals surface area contributed by atoms with Gasteiger partial charge in [0.15, 0.2) is 0 Å². The molecule has 3 rings (SSSR count). The first-order valence-corrected chi connectivity index (χ1v) is 7.31. The van der Waals surface area contributed by atoms with Gasteiger partial charge in [-0.05, 0) is 42.5 Å². The van der Waals surface area contributed by atoms with E-state index >= 15 is 0 Å². The molecule has 0 bridgehead atoms. The van der Waals surface area contributed by atoms with E-state index in [9.17, 15) is 0 Å². The molecule has 1 aliphatic carbocycles. The topological polar surface area (TPSA) is 73.1 Å². The molecule has 0 unspecified atom stereocenters. The number of ether oxygens (including phenoxy) is 1. The molecule has 0 radical (unpaired) electrons. The second-order valence-corrected chi connectivity index (χ2v) is 5.63. The van der Waals surface area contributed by atoms with Crippen LogP contribution in [0.4, 0.5) is 5.82 Å². The second-order valence-electron chi connectivity index (χ2n) is 5.63. The van der Waals surface area contributed by atoms with Gasteiger partial charge in [-0.2, -0.15) is 4.98 Å². The zero-order valence-electron chi connectivity index (χ0n) is 12.4. The van der Waals surface area contributed by atoms with E-state index in [-0.39, 0.29) is 5.92 Å². The van der Waals surface area contributed by atoms with Crippen LogP contribution in [0.2, 0.25) is 0 Å². The number of hydrogen-bond acceptors (Lipinski definition) is 5. The first kappa shape index (κ1) is 13.8. The summed E-state index contributed by atoms with van der Waals surface area (Å²) in [5, 5.41) is 0. The third-order valence-corrected chi connectivity index (χ3v) is 3.68. The van der Waals surface area contributed by atoms with Crippen LogP contribution in [-0.2, 0) is 12.8 Å². The van der Waals surface area contributed by atoms with Gasteiger partial charge in [0.2, 0.25) is 5.88 Å². The first-order chi connectivity index (χ1) is 10.2. The molecule has 110 valence electrons. The summed E-state index contributed by atoms with van der Waals surface area (Å²) in [4.78, 5) is 8.76. The lowest BCUT2D eigenvalue weighted by molar-refractivity contribution is 0.457. The zero-order valence-corrected chi connectivity index (χ0v) is 12.4. The van der Waals surface area contributed by atoms with Crippen LogP contribution in [-0.4, -0.2) is 9.97 Å². The van der Waals surface area contributed by atoms with E-state index in [0.717, 1.165) is 12.2 Å². The van der Waals surface area contributed by atoms with Gasteiger partial charge in [-0.1, -0.05) is 19.9 Å². The van der Waals surface area contributed by atoms with E-state index in [1.54, 1.807) is 6.07 Å². The maximum atomic E-state index is 5.89. The molecule has 3 N–H and O–H groups in total. The molecule has 5 heteroatoms. The van der Waals surface area contributed by atoms with E-state index < -0.39 is 0 Å². The van der Waals surface area contributed by atoms with Crippen LogP contribution in [0, 0.1) is 0 Å². The predicted molar refractivity (Wildman–Crippen MR) is 82.5 cm³/mol. The molecule has 2 aromatic rings. The Hall–Kier alpha value is -2.14. The molecule has 0 saturated heterocycles. The molecule has 21 heavy (non-hydrogen) atoms. The average Bonchev–Trinajstić information content (AvgIpc) is 2.94. The predicted octanol–water partition coefficient (Wildman–Crippen LogP) is 3.17. The van der Waals surface area contributed by atoms with E-state index in [2.05, 4.69) is 27.5 Å². The van der Waals surface area contributed by atoms with Crippen molar-refractivity contribution in [3.8, 4) is 11.6 Å². The Morgan fingerprint density at radius 2 is 1.95 bits per heavy atom. The maximum Gasteiger partial charge on any atom is 0.224 e. The van der Waals surface area contributed by atoms with Crippen LogP contribution in [0.15, 0.2) is 24.3 Å². The molecular formula is C16H20N4O. The van der Waals surface area contributed by atoms with Crippen LogP contribution >= 0.6 is 0 Å². The summed E-state index contributed by atoms with van der Waals surface area (Å²) in [5.74, 6) is 8.26. The summed E-state index contributed by atoms with van der Waals surface area (Å²) in [6, 6.07) is 7.95. The van der Waals surface area contributed by atoms with Gasteiger partial charge in [-0.15, -0.1) is 0 Å². The highest BCUT2D eigenvalue weighted by atomic mass is 16.5. The lowest BCUT2D eigenvalue weighted by atomic mass is 10.1. The molecule has 0 aliphatic heterocycles. The van der Waals surface area contributed by atoms with Crippen LogP contribution in [0.3, 0.4) is 0 Å². The number of hydrogen-bond donors (Lipinski definition) is 2. The number of nitrogens with one attached hydrogen (secondary N) is 1. The number of benzene rings is 1. The minimum absolute atomic E-state index is 0.209. The number of anilines is 1. The van der Waals surface area contributed by atoms with Crippen LogP contribution in [0.1, 0.15) is 43.1 Å². The normalized spacial score (nSPS) is 13.3. The van der Waals surface area contributed by atoms with Crippen molar-refractivity contribution in [2.24, 2.45) is 5.84 Å². The molecule has 1 aliphatic rings. The Bertz CT molecular complexity index is 655. The monoisotopic (exact) mass is 284 g/mol. The Labute approximate surface area is 124 Å². The van der Waals surface area contributed by atoms with Gasteiger partial charge in [-0.25, -0.2) is 10.8 Å². The molecular weight excluding hydrogens is 264 g/mol. The fourth-order valence-corrected chi connectivity index (χ4v) is 2.56. The smallest absolute Gasteiger partial charge is 0.224 e. The highest BCUT2D eigenvalue weighted by molar-refractivity contribution is 5.42. The molecule has 1 heterocycles. The lowest BCUT2D eigenvalue weighted by Crippen LogP contribution is -2.11. The Balaban J connectivity index is 1.88. The van der Waals surface area contributed by atoms with Crippen LogP contribution in [0.25, 0.3) is 0 Å². The van der Waals surface area contributed by atoms with Gasteiger partial charge in [0.25, 0.3) is 0 Å². The fourth-order valence-electron chi connectivity index (χ4n) is 2.56. The van der Waals surface area contributed by atoms with E-state index in [0.29, 0.717) is 17.5 Å². The summed E-state index contributed by atoms with van der Waals surface area (Å²) in [5.41, 5.74) is 5.36. The van der Waals surface area contributed by atoms with Gasteiger partial charge in [0, 0.05) is 12.0 Å². The average molecular weight is 284 g/mol. The molecule has 0 atom stereocenters. The minimum atomic E-state index is 0.209. The standard InChI is InChI=1S/C16H20N4O/c1-10(2)16-18-14(20-17)9-15(19-16)21-13-7-6-11-4-3-5-12(11)8-13/h6-10H,3-5,17H2,1-2H3,(H,18,19,20). The molecule has 1 aromatic carbocycles. The number of rotatable bonds is 4. The van der Waals surface area contributed by atoms with Crippen molar-refractivity contribution >= 4 is 5.82 Å². The van der Waals surface area contributed by atoms with Crippen LogP contribution < -0.4 is 16.0 Å². The van der Waals surface area contributed by atoms with E-state index in [1.807, 2.05) is 19.9 Å². The van der Waals surface area contributed by atoms with Gasteiger partial charge in [0.1, 0.15) is 17.4 Å². The van der Waals surface area contributed by atoms with Crippen molar-refractivity contribution in [2.75, 3.05) is 5.43 Å². The first-order valence-electron chi connectivity index (χ1n) is 7.31. The third-order valence-electron chi connectivity index (χ3n) is 3.68. The summed E-state index contributed by atoms with van der Waals surface area (Å²) < 4.78 is 5.89. The van der Waals surface area contributed by atoms with Crippen molar-refractivity contribution in [2.45, 2.75) is 39.0 Å². The largest absolute Gasteiger partial charge is 0.439 e.